The van der Waals surface area contributed by atoms with Crippen molar-refractivity contribution in [1.82, 2.24) is 19.9 Å². The van der Waals surface area contributed by atoms with Gasteiger partial charge in [0, 0.05) is 26.1 Å². The Hall–Kier alpha value is -1.92. The minimum atomic E-state index is 0.272. The number of piperidine rings is 1. The van der Waals surface area contributed by atoms with Crippen molar-refractivity contribution >= 4 is 0 Å². The lowest BCUT2D eigenvalue weighted by Gasteiger charge is -2.41. The van der Waals surface area contributed by atoms with Crippen LogP contribution in [0.25, 0.3) is 0 Å². The molecule has 0 spiro atoms. The van der Waals surface area contributed by atoms with Crippen LogP contribution in [0.2, 0.25) is 0 Å². The Kier molecular flexibility index (Phi) is 3.12. The van der Waals surface area contributed by atoms with Crippen LogP contribution in [-0.2, 0) is 24.3 Å². The van der Waals surface area contributed by atoms with E-state index in [2.05, 4.69) is 38.1 Å². The molecular formula is C17H20N4O2. The summed E-state index contributed by atoms with van der Waals surface area (Å²) < 4.78 is 13.6. The van der Waals surface area contributed by atoms with Gasteiger partial charge in [0.2, 0.25) is 0 Å². The largest absolute Gasteiger partial charge is 0.493 e. The predicted octanol–water partition coefficient (Wildman–Crippen LogP) is 1.56. The zero-order valence-corrected chi connectivity index (χ0v) is 13.0. The van der Waals surface area contributed by atoms with Crippen molar-refractivity contribution in [2.75, 3.05) is 19.7 Å². The second kappa shape index (κ2) is 5.32. The number of nitrogens with zero attached hydrogens (tertiary/aromatic N) is 4. The maximum atomic E-state index is 5.98. The van der Waals surface area contributed by atoms with E-state index in [0.717, 1.165) is 50.5 Å². The second-order valence-corrected chi connectivity index (χ2v) is 6.65. The van der Waals surface area contributed by atoms with Gasteiger partial charge in [-0.1, -0.05) is 17.3 Å². The molecule has 0 aliphatic carbocycles. The van der Waals surface area contributed by atoms with Crippen molar-refractivity contribution in [3.63, 3.8) is 0 Å². The average molecular weight is 312 g/mol. The van der Waals surface area contributed by atoms with Crippen LogP contribution in [0.15, 0.2) is 24.4 Å². The number of hydrogen-bond donors (Lipinski definition) is 0. The molecule has 23 heavy (non-hydrogen) atoms. The van der Waals surface area contributed by atoms with Crippen LogP contribution in [-0.4, -0.2) is 45.7 Å². The van der Waals surface area contributed by atoms with Crippen LogP contribution in [0.3, 0.4) is 0 Å². The van der Waals surface area contributed by atoms with Crippen LogP contribution in [0.5, 0.6) is 5.75 Å². The Morgan fingerprint density at radius 3 is 3.30 bits per heavy atom. The zero-order valence-electron chi connectivity index (χ0n) is 13.0. The minimum absolute atomic E-state index is 0.272. The molecular weight excluding hydrogens is 292 g/mol. The molecule has 2 aromatic rings. The molecule has 4 heterocycles. The lowest BCUT2D eigenvalue weighted by molar-refractivity contribution is -0.0669. The molecule has 0 bridgehead atoms. The Bertz CT molecular complexity index is 729. The van der Waals surface area contributed by atoms with Crippen LogP contribution < -0.4 is 4.74 Å². The average Bonchev–Trinajstić information content (AvgIpc) is 3.23. The van der Waals surface area contributed by atoms with Gasteiger partial charge in [-0.25, -0.2) is 4.68 Å². The van der Waals surface area contributed by atoms with Gasteiger partial charge in [-0.05, 0) is 23.6 Å². The third kappa shape index (κ3) is 2.33. The number of fused-ring (bicyclic) bond motifs is 4. The summed E-state index contributed by atoms with van der Waals surface area (Å²) in [5.41, 5.74) is 3.79. The van der Waals surface area contributed by atoms with Crippen molar-refractivity contribution < 1.29 is 9.47 Å². The third-order valence-electron chi connectivity index (χ3n) is 5.17. The molecule has 2 unspecified atom stereocenters. The first kappa shape index (κ1) is 13.5. The van der Waals surface area contributed by atoms with Crippen LogP contribution in [0.1, 0.15) is 29.3 Å². The zero-order chi connectivity index (χ0) is 15.2. The molecule has 0 N–H and O–H groups in total. The van der Waals surface area contributed by atoms with Crippen LogP contribution in [0.4, 0.5) is 0 Å². The van der Waals surface area contributed by atoms with E-state index >= 15 is 0 Å². The summed E-state index contributed by atoms with van der Waals surface area (Å²) in [6, 6.07) is 6.89. The Morgan fingerprint density at radius 2 is 2.30 bits per heavy atom. The van der Waals surface area contributed by atoms with Gasteiger partial charge in [0.15, 0.2) is 0 Å². The first-order valence-corrected chi connectivity index (χ1v) is 8.34. The molecule has 5 rings (SSSR count). The van der Waals surface area contributed by atoms with E-state index in [1.54, 1.807) is 0 Å². The summed E-state index contributed by atoms with van der Waals surface area (Å²) in [6.45, 7) is 4.46. The molecule has 120 valence electrons. The number of hydrogen-bond acceptors (Lipinski definition) is 5. The van der Waals surface area contributed by atoms with Gasteiger partial charge in [0.05, 0.1) is 37.3 Å². The van der Waals surface area contributed by atoms with E-state index in [9.17, 15) is 0 Å². The SMILES string of the molecule is c1cc2c(cc1CN1CCC3OCc4cnnn4C3C1)CCO2. The van der Waals surface area contributed by atoms with Crippen molar-refractivity contribution in [3.05, 3.63) is 41.2 Å². The number of benzene rings is 1. The molecule has 3 aliphatic rings. The second-order valence-electron chi connectivity index (χ2n) is 6.65. The summed E-state index contributed by atoms with van der Waals surface area (Å²) in [5, 5.41) is 8.32. The van der Waals surface area contributed by atoms with Crippen LogP contribution >= 0.6 is 0 Å². The summed E-state index contributed by atoms with van der Waals surface area (Å²) >= 11 is 0. The molecule has 2 atom stereocenters. The van der Waals surface area contributed by atoms with Crippen molar-refractivity contribution in [2.24, 2.45) is 0 Å². The highest BCUT2D eigenvalue weighted by molar-refractivity contribution is 5.39. The summed E-state index contributed by atoms with van der Waals surface area (Å²) in [6.07, 6.45) is 4.17. The molecule has 1 saturated heterocycles. The molecule has 1 aromatic heterocycles. The maximum Gasteiger partial charge on any atom is 0.122 e. The molecule has 0 saturated carbocycles. The highest BCUT2D eigenvalue weighted by Gasteiger charge is 2.36. The van der Waals surface area contributed by atoms with E-state index in [4.69, 9.17) is 9.47 Å². The highest BCUT2D eigenvalue weighted by atomic mass is 16.5. The lowest BCUT2D eigenvalue weighted by atomic mass is 9.99. The summed E-state index contributed by atoms with van der Waals surface area (Å²) in [5.74, 6) is 1.06. The van der Waals surface area contributed by atoms with Gasteiger partial charge in [-0.2, -0.15) is 0 Å². The fraction of sp³-hybridized carbons (Fsp3) is 0.529. The molecule has 1 aromatic carbocycles. The number of likely N-dealkylation sites (tertiary alicyclic amines) is 1. The number of aromatic nitrogens is 3. The first-order valence-electron chi connectivity index (χ1n) is 8.34. The lowest BCUT2D eigenvalue weighted by Crippen LogP contribution is -2.47. The van der Waals surface area contributed by atoms with E-state index in [1.165, 1.54) is 11.1 Å². The number of rotatable bonds is 2. The molecule has 0 radical (unpaired) electrons. The van der Waals surface area contributed by atoms with E-state index in [1.807, 2.05) is 6.20 Å². The summed E-state index contributed by atoms with van der Waals surface area (Å²) in [4.78, 5) is 2.50. The Morgan fingerprint density at radius 1 is 1.30 bits per heavy atom. The highest BCUT2D eigenvalue weighted by Crippen LogP contribution is 2.31. The van der Waals surface area contributed by atoms with Crippen molar-refractivity contribution in [3.8, 4) is 5.75 Å². The minimum Gasteiger partial charge on any atom is -0.493 e. The van der Waals surface area contributed by atoms with Gasteiger partial charge >= 0.3 is 0 Å². The first-order chi connectivity index (χ1) is 11.4. The maximum absolute atomic E-state index is 5.98. The quantitative estimate of drug-likeness (QED) is 0.842. The van der Waals surface area contributed by atoms with E-state index in [-0.39, 0.29) is 12.1 Å². The number of ether oxygens (including phenoxy) is 2. The van der Waals surface area contributed by atoms with Gasteiger partial charge in [0.1, 0.15) is 5.75 Å². The topological polar surface area (TPSA) is 52.4 Å². The fourth-order valence-corrected chi connectivity index (χ4v) is 3.98. The van der Waals surface area contributed by atoms with E-state index < -0.39 is 0 Å². The van der Waals surface area contributed by atoms with Gasteiger partial charge in [-0.15, -0.1) is 5.10 Å². The third-order valence-corrected chi connectivity index (χ3v) is 5.17. The van der Waals surface area contributed by atoms with E-state index in [0.29, 0.717) is 6.61 Å². The van der Waals surface area contributed by atoms with Crippen LogP contribution in [0, 0.1) is 0 Å². The Labute approximate surface area is 135 Å². The molecule has 1 fully saturated rings. The van der Waals surface area contributed by atoms with Crippen molar-refractivity contribution in [2.45, 2.75) is 38.1 Å². The molecule has 6 heteroatoms. The molecule has 3 aliphatic heterocycles. The normalized spacial score (nSPS) is 26.3. The summed E-state index contributed by atoms with van der Waals surface area (Å²) in [7, 11) is 0. The standard InChI is InChI=1S/C17H20N4O2/c1-2-16-13(4-6-22-16)7-12(1)9-20-5-3-17-15(10-20)21-14(11-23-17)8-18-19-21/h1-2,7-8,15,17H,3-6,9-11H2. The van der Waals surface area contributed by atoms with Gasteiger partial charge in [-0.3, -0.25) is 4.90 Å². The smallest absolute Gasteiger partial charge is 0.122 e. The van der Waals surface area contributed by atoms with Gasteiger partial charge in [0.25, 0.3) is 0 Å². The Balaban J connectivity index is 1.33. The molecule has 0 amide bonds. The van der Waals surface area contributed by atoms with Crippen molar-refractivity contribution in [1.29, 1.82) is 0 Å². The molecule has 6 nitrogen and oxygen atoms in total. The fourth-order valence-electron chi connectivity index (χ4n) is 3.98. The monoisotopic (exact) mass is 312 g/mol. The predicted molar refractivity (Wildman–Crippen MR) is 83.2 cm³/mol. The van der Waals surface area contributed by atoms with Gasteiger partial charge < -0.3 is 9.47 Å².